The molecule has 1 heterocycles. The third-order valence-electron chi connectivity index (χ3n) is 2.31. The number of hydrogen-bond donors (Lipinski definition) is 2. The molecule has 1 fully saturated rings. The first-order valence-corrected chi connectivity index (χ1v) is 4.86. The average Bonchev–Trinajstić information content (AvgIpc) is 2.30. The quantitative estimate of drug-likeness (QED) is 0.596. The zero-order valence-electron chi connectivity index (χ0n) is 8.47. The normalized spacial score (nSPS) is 25.2. The summed E-state index contributed by atoms with van der Waals surface area (Å²) in [7, 11) is 1.68. The summed E-state index contributed by atoms with van der Waals surface area (Å²) in [6, 6.07) is 0. The highest BCUT2D eigenvalue weighted by molar-refractivity contribution is 5.77. The fourth-order valence-corrected chi connectivity index (χ4v) is 1.61. The van der Waals surface area contributed by atoms with Crippen LogP contribution >= 0.6 is 0 Å². The fraction of sp³-hybridized carbons (Fsp3) is 0.889. The Hall–Kier alpha value is -0.610. The van der Waals surface area contributed by atoms with Crippen molar-refractivity contribution in [2.45, 2.75) is 6.92 Å². The smallest absolute Gasteiger partial charge is 0.233 e. The Morgan fingerprint density at radius 3 is 3.15 bits per heavy atom. The molecule has 1 aliphatic heterocycles. The van der Waals surface area contributed by atoms with E-state index in [1.165, 1.54) is 0 Å². The monoisotopic (exact) mass is 185 g/mol. The van der Waals surface area contributed by atoms with Gasteiger partial charge in [-0.25, -0.2) is 0 Å². The van der Waals surface area contributed by atoms with E-state index in [1.807, 2.05) is 0 Å². The first kappa shape index (κ1) is 10.5. The predicted octanol–water partition coefficient (Wildman–Crippen LogP) is -0.726. The van der Waals surface area contributed by atoms with Crippen LogP contribution in [0.4, 0.5) is 0 Å². The second-order valence-corrected chi connectivity index (χ2v) is 3.72. The lowest BCUT2D eigenvalue weighted by Crippen LogP contribution is -2.38. The van der Waals surface area contributed by atoms with E-state index in [2.05, 4.69) is 22.5 Å². The molecule has 1 rings (SSSR count). The SMILES string of the molecule is CNC(=O)CN1CCNCC(C)C1. The number of likely N-dealkylation sites (N-methyl/N-ethyl adjacent to an activating group) is 1. The predicted molar refractivity (Wildman–Crippen MR) is 52.5 cm³/mol. The third kappa shape index (κ3) is 3.74. The lowest BCUT2D eigenvalue weighted by atomic mass is 10.2. The Kier molecular flexibility index (Phi) is 4.18. The van der Waals surface area contributed by atoms with Crippen LogP contribution < -0.4 is 10.6 Å². The highest BCUT2D eigenvalue weighted by Crippen LogP contribution is 2.01. The van der Waals surface area contributed by atoms with Crippen LogP contribution in [0, 0.1) is 5.92 Å². The van der Waals surface area contributed by atoms with E-state index < -0.39 is 0 Å². The average molecular weight is 185 g/mol. The molecular formula is C9H19N3O. The molecule has 2 N–H and O–H groups in total. The molecule has 0 aromatic rings. The van der Waals surface area contributed by atoms with E-state index in [0.717, 1.165) is 26.2 Å². The molecule has 0 spiro atoms. The van der Waals surface area contributed by atoms with Gasteiger partial charge in [-0.05, 0) is 12.5 Å². The molecule has 0 aromatic carbocycles. The number of rotatable bonds is 2. The molecule has 13 heavy (non-hydrogen) atoms. The Balaban J connectivity index is 2.34. The first-order valence-electron chi connectivity index (χ1n) is 4.86. The molecule has 1 saturated heterocycles. The van der Waals surface area contributed by atoms with Crippen LogP contribution in [0.3, 0.4) is 0 Å². The molecule has 1 aliphatic rings. The summed E-state index contributed by atoms with van der Waals surface area (Å²) < 4.78 is 0. The second-order valence-electron chi connectivity index (χ2n) is 3.72. The number of carbonyl (C=O) groups excluding carboxylic acids is 1. The molecule has 4 nitrogen and oxygen atoms in total. The second kappa shape index (κ2) is 5.19. The third-order valence-corrected chi connectivity index (χ3v) is 2.31. The van der Waals surface area contributed by atoms with E-state index in [0.29, 0.717) is 12.5 Å². The minimum absolute atomic E-state index is 0.106. The summed E-state index contributed by atoms with van der Waals surface area (Å²) in [5.41, 5.74) is 0. The number of nitrogens with zero attached hydrogens (tertiary/aromatic N) is 1. The summed E-state index contributed by atoms with van der Waals surface area (Å²) in [6.45, 7) is 6.77. The molecule has 1 amide bonds. The standard InChI is InChI=1S/C9H19N3O/c1-8-5-11-3-4-12(6-8)7-9(13)10-2/h8,11H,3-7H2,1-2H3,(H,10,13). The molecule has 0 aliphatic carbocycles. The summed E-state index contributed by atoms with van der Waals surface area (Å²) in [4.78, 5) is 13.3. The van der Waals surface area contributed by atoms with E-state index in [1.54, 1.807) is 7.05 Å². The van der Waals surface area contributed by atoms with Crippen LogP contribution in [-0.2, 0) is 4.79 Å². The Labute approximate surface area is 79.7 Å². The van der Waals surface area contributed by atoms with Crippen LogP contribution in [0.2, 0.25) is 0 Å². The van der Waals surface area contributed by atoms with E-state index in [9.17, 15) is 4.79 Å². The van der Waals surface area contributed by atoms with Crippen LogP contribution in [-0.4, -0.2) is 50.6 Å². The van der Waals surface area contributed by atoms with Crippen molar-refractivity contribution in [1.82, 2.24) is 15.5 Å². The van der Waals surface area contributed by atoms with Gasteiger partial charge in [-0.2, -0.15) is 0 Å². The first-order chi connectivity index (χ1) is 6.22. The molecule has 4 heteroatoms. The van der Waals surface area contributed by atoms with Crippen LogP contribution in [0.1, 0.15) is 6.92 Å². The van der Waals surface area contributed by atoms with Crippen molar-refractivity contribution in [2.75, 3.05) is 39.8 Å². The van der Waals surface area contributed by atoms with Gasteiger partial charge in [0.15, 0.2) is 0 Å². The van der Waals surface area contributed by atoms with Crippen molar-refractivity contribution in [3.8, 4) is 0 Å². The zero-order chi connectivity index (χ0) is 9.68. The van der Waals surface area contributed by atoms with Gasteiger partial charge in [0.05, 0.1) is 6.54 Å². The lowest BCUT2D eigenvalue weighted by molar-refractivity contribution is -0.121. The van der Waals surface area contributed by atoms with E-state index >= 15 is 0 Å². The van der Waals surface area contributed by atoms with Gasteiger partial charge in [-0.1, -0.05) is 6.92 Å². The van der Waals surface area contributed by atoms with Crippen molar-refractivity contribution >= 4 is 5.91 Å². The van der Waals surface area contributed by atoms with Crippen LogP contribution in [0.25, 0.3) is 0 Å². The van der Waals surface area contributed by atoms with Gasteiger partial charge in [0.25, 0.3) is 0 Å². The molecule has 1 atom stereocenters. The summed E-state index contributed by atoms with van der Waals surface area (Å²) in [5.74, 6) is 0.737. The van der Waals surface area contributed by atoms with Gasteiger partial charge < -0.3 is 10.6 Å². The lowest BCUT2D eigenvalue weighted by Gasteiger charge is -2.20. The van der Waals surface area contributed by atoms with Gasteiger partial charge >= 0.3 is 0 Å². The molecule has 1 unspecified atom stereocenters. The van der Waals surface area contributed by atoms with Crippen molar-refractivity contribution in [1.29, 1.82) is 0 Å². The highest BCUT2D eigenvalue weighted by Gasteiger charge is 2.15. The Morgan fingerprint density at radius 2 is 2.46 bits per heavy atom. The van der Waals surface area contributed by atoms with Crippen molar-refractivity contribution in [2.24, 2.45) is 5.92 Å². The van der Waals surface area contributed by atoms with Crippen molar-refractivity contribution in [3.63, 3.8) is 0 Å². The Bertz CT molecular complexity index is 172. The number of amides is 1. The van der Waals surface area contributed by atoms with Gasteiger partial charge in [0, 0.05) is 26.7 Å². The fourth-order valence-electron chi connectivity index (χ4n) is 1.61. The van der Waals surface area contributed by atoms with Crippen molar-refractivity contribution in [3.05, 3.63) is 0 Å². The summed E-state index contributed by atoms with van der Waals surface area (Å²) >= 11 is 0. The number of hydrogen-bond acceptors (Lipinski definition) is 3. The minimum Gasteiger partial charge on any atom is -0.358 e. The van der Waals surface area contributed by atoms with Gasteiger partial charge in [-0.15, -0.1) is 0 Å². The highest BCUT2D eigenvalue weighted by atomic mass is 16.1. The molecule has 0 aromatic heterocycles. The van der Waals surface area contributed by atoms with Gasteiger partial charge in [0.1, 0.15) is 0 Å². The molecular weight excluding hydrogens is 166 g/mol. The van der Waals surface area contributed by atoms with Crippen molar-refractivity contribution < 1.29 is 4.79 Å². The molecule has 0 saturated carbocycles. The summed E-state index contributed by atoms with van der Waals surface area (Å²) in [6.07, 6.45) is 0. The number of carbonyl (C=O) groups is 1. The Morgan fingerprint density at radius 1 is 1.69 bits per heavy atom. The largest absolute Gasteiger partial charge is 0.358 e. The maximum atomic E-state index is 11.1. The van der Waals surface area contributed by atoms with Gasteiger partial charge in [-0.3, -0.25) is 9.69 Å². The molecule has 0 radical (unpaired) electrons. The maximum Gasteiger partial charge on any atom is 0.233 e. The topological polar surface area (TPSA) is 44.4 Å². The van der Waals surface area contributed by atoms with E-state index in [-0.39, 0.29) is 5.91 Å². The van der Waals surface area contributed by atoms with Crippen LogP contribution in [0.15, 0.2) is 0 Å². The summed E-state index contributed by atoms with van der Waals surface area (Å²) in [5, 5.41) is 5.99. The van der Waals surface area contributed by atoms with Crippen LogP contribution in [0.5, 0.6) is 0 Å². The minimum atomic E-state index is 0.106. The van der Waals surface area contributed by atoms with E-state index in [4.69, 9.17) is 0 Å². The molecule has 76 valence electrons. The zero-order valence-corrected chi connectivity index (χ0v) is 8.47. The van der Waals surface area contributed by atoms with Gasteiger partial charge in [0.2, 0.25) is 5.91 Å². The number of nitrogens with one attached hydrogen (secondary N) is 2. The maximum absolute atomic E-state index is 11.1. The molecule has 0 bridgehead atoms.